The van der Waals surface area contributed by atoms with Crippen LogP contribution in [0.5, 0.6) is 11.5 Å². The highest BCUT2D eigenvalue weighted by molar-refractivity contribution is 6.03. The Morgan fingerprint density at radius 2 is 1.82 bits per heavy atom. The molecule has 1 fully saturated rings. The molecule has 8 heteroatoms. The summed E-state index contributed by atoms with van der Waals surface area (Å²) < 4.78 is 5.82. The van der Waals surface area contributed by atoms with Crippen molar-refractivity contribution in [2.45, 2.75) is 20.3 Å². The van der Waals surface area contributed by atoms with E-state index in [4.69, 9.17) is 4.74 Å². The fourth-order valence-corrected chi connectivity index (χ4v) is 3.76. The van der Waals surface area contributed by atoms with Crippen LogP contribution in [0.15, 0.2) is 66.7 Å². The van der Waals surface area contributed by atoms with Gasteiger partial charge in [0, 0.05) is 30.3 Å². The average Bonchev–Trinajstić information content (AvgIpc) is 3.17. The summed E-state index contributed by atoms with van der Waals surface area (Å²) >= 11 is 0. The maximum absolute atomic E-state index is 12.8. The second-order valence-corrected chi connectivity index (χ2v) is 8.07. The van der Waals surface area contributed by atoms with E-state index in [2.05, 4.69) is 5.32 Å². The van der Waals surface area contributed by atoms with E-state index < -0.39 is 10.8 Å². The maximum atomic E-state index is 12.8. The normalized spacial score (nSPS) is 15.4. The Morgan fingerprint density at radius 3 is 2.52 bits per heavy atom. The number of carbonyl (C=O) groups is 2. The first-order valence-electron chi connectivity index (χ1n) is 10.5. The predicted octanol–water partition coefficient (Wildman–Crippen LogP) is 5.00. The van der Waals surface area contributed by atoms with Crippen LogP contribution in [0.4, 0.5) is 17.1 Å². The van der Waals surface area contributed by atoms with Crippen LogP contribution in [0.2, 0.25) is 0 Å². The zero-order valence-corrected chi connectivity index (χ0v) is 18.3. The zero-order chi connectivity index (χ0) is 23.5. The molecule has 0 radical (unpaired) electrons. The number of amides is 2. The van der Waals surface area contributed by atoms with Crippen molar-refractivity contribution in [1.82, 2.24) is 0 Å². The molecule has 1 heterocycles. The molecular formula is C25H23N3O5. The smallest absolute Gasteiger partial charge is 0.274 e. The highest BCUT2D eigenvalue weighted by Crippen LogP contribution is 2.31. The number of nitrogens with zero attached hydrogens (tertiary/aromatic N) is 2. The van der Waals surface area contributed by atoms with Crippen molar-refractivity contribution in [3.8, 4) is 11.5 Å². The number of nitro benzene ring substituents is 1. The summed E-state index contributed by atoms with van der Waals surface area (Å²) in [6, 6.07) is 19.3. The van der Waals surface area contributed by atoms with Gasteiger partial charge in [-0.15, -0.1) is 0 Å². The number of ether oxygens (including phenoxy) is 1. The van der Waals surface area contributed by atoms with Gasteiger partial charge in [-0.05, 0) is 61.9 Å². The molecule has 2 amide bonds. The monoisotopic (exact) mass is 445 g/mol. The summed E-state index contributed by atoms with van der Waals surface area (Å²) in [6.07, 6.45) is 0.0437. The van der Waals surface area contributed by atoms with Crippen LogP contribution in [-0.4, -0.2) is 23.3 Å². The minimum atomic E-state index is -0.555. The highest BCUT2D eigenvalue weighted by Gasteiger charge is 2.35. The molecule has 1 aliphatic rings. The molecule has 1 atom stereocenters. The molecule has 0 unspecified atom stereocenters. The van der Waals surface area contributed by atoms with E-state index in [9.17, 15) is 19.7 Å². The number of aryl methyl sites for hydroxylation is 2. The van der Waals surface area contributed by atoms with E-state index in [0.29, 0.717) is 22.7 Å². The van der Waals surface area contributed by atoms with Gasteiger partial charge in [-0.1, -0.05) is 18.2 Å². The number of nitrogens with one attached hydrogen (secondary N) is 1. The van der Waals surface area contributed by atoms with Crippen LogP contribution in [0.25, 0.3) is 0 Å². The van der Waals surface area contributed by atoms with Crippen molar-refractivity contribution in [2.75, 3.05) is 16.8 Å². The number of rotatable bonds is 6. The van der Waals surface area contributed by atoms with Crippen molar-refractivity contribution in [1.29, 1.82) is 0 Å². The quantitative estimate of drug-likeness (QED) is 0.425. The Balaban J connectivity index is 1.39. The van der Waals surface area contributed by atoms with Crippen LogP contribution in [0.3, 0.4) is 0 Å². The van der Waals surface area contributed by atoms with Crippen LogP contribution in [-0.2, 0) is 9.59 Å². The molecule has 1 saturated heterocycles. The fourth-order valence-electron chi connectivity index (χ4n) is 3.76. The zero-order valence-electron chi connectivity index (χ0n) is 18.3. The molecule has 0 aliphatic carbocycles. The van der Waals surface area contributed by atoms with Gasteiger partial charge >= 0.3 is 0 Å². The first kappa shape index (κ1) is 22.0. The fraction of sp³-hybridized carbons (Fsp3) is 0.200. The first-order valence-corrected chi connectivity index (χ1v) is 10.5. The maximum Gasteiger partial charge on any atom is 0.274 e. The lowest BCUT2D eigenvalue weighted by Crippen LogP contribution is -2.28. The number of nitro groups is 1. The minimum absolute atomic E-state index is 0.0437. The van der Waals surface area contributed by atoms with Crippen molar-refractivity contribution in [3.63, 3.8) is 0 Å². The van der Waals surface area contributed by atoms with E-state index in [1.807, 2.05) is 31.2 Å². The molecule has 0 saturated carbocycles. The van der Waals surface area contributed by atoms with Crippen molar-refractivity contribution >= 4 is 28.9 Å². The third-order valence-electron chi connectivity index (χ3n) is 5.54. The molecule has 0 aromatic heterocycles. The molecule has 168 valence electrons. The summed E-state index contributed by atoms with van der Waals surface area (Å²) in [7, 11) is 0. The molecule has 1 N–H and O–H groups in total. The lowest BCUT2D eigenvalue weighted by Gasteiger charge is -2.17. The van der Waals surface area contributed by atoms with E-state index in [0.717, 1.165) is 11.3 Å². The number of carbonyl (C=O) groups excluding carboxylic acids is 2. The molecule has 0 bridgehead atoms. The van der Waals surface area contributed by atoms with E-state index in [1.165, 1.54) is 11.0 Å². The van der Waals surface area contributed by atoms with Gasteiger partial charge < -0.3 is 15.0 Å². The Morgan fingerprint density at radius 1 is 1.06 bits per heavy atom. The van der Waals surface area contributed by atoms with Crippen molar-refractivity contribution in [3.05, 3.63) is 88.0 Å². The SMILES string of the molecule is Cc1cccc(Oc2ccc(NC(=O)[C@H]3CC(=O)N(c4ccc(C)c([N+](=O)[O-])c4)C3)cc2)c1. The van der Waals surface area contributed by atoms with Crippen molar-refractivity contribution in [2.24, 2.45) is 5.92 Å². The molecule has 8 nitrogen and oxygen atoms in total. The Kier molecular flexibility index (Phi) is 6.08. The Hall–Kier alpha value is -4.20. The molecule has 1 aliphatic heterocycles. The summed E-state index contributed by atoms with van der Waals surface area (Å²) in [5, 5.41) is 14.1. The van der Waals surface area contributed by atoms with Crippen LogP contribution >= 0.6 is 0 Å². The largest absolute Gasteiger partial charge is 0.457 e. The van der Waals surface area contributed by atoms with Gasteiger partial charge in [0.05, 0.1) is 16.5 Å². The summed E-state index contributed by atoms with van der Waals surface area (Å²) in [6.45, 7) is 3.79. The molecular weight excluding hydrogens is 422 g/mol. The third-order valence-corrected chi connectivity index (χ3v) is 5.54. The van der Waals surface area contributed by atoms with Gasteiger partial charge in [0.25, 0.3) is 5.69 Å². The predicted molar refractivity (Wildman–Crippen MR) is 125 cm³/mol. The second-order valence-electron chi connectivity index (χ2n) is 8.07. The lowest BCUT2D eigenvalue weighted by molar-refractivity contribution is -0.385. The summed E-state index contributed by atoms with van der Waals surface area (Å²) in [5.74, 6) is 0.297. The number of benzene rings is 3. The second kappa shape index (κ2) is 9.12. The third kappa shape index (κ3) is 5.01. The number of hydrogen-bond acceptors (Lipinski definition) is 5. The molecule has 0 spiro atoms. The average molecular weight is 445 g/mol. The standard InChI is InChI=1S/C25H23N3O5/c1-16-4-3-5-22(12-16)33-21-10-7-19(8-11-21)26-25(30)18-13-24(29)27(15-18)20-9-6-17(2)23(14-20)28(31)32/h3-12,14,18H,13,15H2,1-2H3,(H,26,30)/t18-/m0/s1. The minimum Gasteiger partial charge on any atom is -0.457 e. The van der Waals surface area contributed by atoms with Crippen LogP contribution < -0.4 is 15.0 Å². The van der Waals surface area contributed by atoms with Crippen LogP contribution in [0, 0.1) is 29.9 Å². The topological polar surface area (TPSA) is 102 Å². The van der Waals surface area contributed by atoms with Crippen LogP contribution in [0.1, 0.15) is 17.5 Å². The highest BCUT2D eigenvalue weighted by atomic mass is 16.6. The van der Waals surface area contributed by atoms with E-state index >= 15 is 0 Å². The van der Waals surface area contributed by atoms with Gasteiger partial charge in [0.1, 0.15) is 11.5 Å². The molecule has 33 heavy (non-hydrogen) atoms. The van der Waals surface area contributed by atoms with Gasteiger partial charge in [-0.2, -0.15) is 0 Å². The molecule has 3 aromatic carbocycles. The summed E-state index contributed by atoms with van der Waals surface area (Å²) in [4.78, 5) is 37.4. The van der Waals surface area contributed by atoms with Gasteiger partial charge in [0.15, 0.2) is 0 Å². The first-order chi connectivity index (χ1) is 15.8. The molecule has 4 rings (SSSR count). The van der Waals surface area contributed by atoms with E-state index in [-0.39, 0.29) is 30.5 Å². The van der Waals surface area contributed by atoms with Gasteiger partial charge in [-0.3, -0.25) is 19.7 Å². The summed E-state index contributed by atoms with van der Waals surface area (Å²) in [5.41, 5.74) is 2.57. The van der Waals surface area contributed by atoms with Crippen molar-refractivity contribution < 1.29 is 19.2 Å². The van der Waals surface area contributed by atoms with Gasteiger partial charge in [-0.25, -0.2) is 0 Å². The van der Waals surface area contributed by atoms with Gasteiger partial charge in [0.2, 0.25) is 11.8 Å². The number of hydrogen-bond donors (Lipinski definition) is 1. The molecule has 3 aromatic rings. The Labute approximate surface area is 190 Å². The lowest BCUT2D eigenvalue weighted by atomic mass is 10.1. The number of anilines is 2. The Bertz CT molecular complexity index is 1220. The van der Waals surface area contributed by atoms with E-state index in [1.54, 1.807) is 43.3 Å².